The van der Waals surface area contributed by atoms with Gasteiger partial charge in [-0.3, -0.25) is 0 Å². The Morgan fingerprint density at radius 2 is 2.40 bits per heavy atom. The van der Waals surface area contributed by atoms with Gasteiger partial charge in [0.25, 0.3) is 0 Å². The molecule has 2 heterocycles. The molecule has 1 fully saturated rings. The summed E-state index contributed by atoms with van der Waals surface area (Å²) in [6.45, 7) is 3.26. The molecule has 1 saturated carbocycles. The van der Waals surface area contributed by atoms with Gasteiger partial charge in [-0.05, 0) is 30.4 Å². The van der Waals surface area contributed by atoms with Gasteiger partial charge >= 0.3 is 0 Å². The van der Waals surface area contributed by atoms with Crippen molar-refractivity contribution in [3.63, 3.8) is 0 Å². The Balaban J connectivity index is 1.78. The summed E-state index contributed by atoms with van der Waals surface area (Å²) in [6, 6.07) is 3.96. The second-order valence-electron chi connectivity index (χ2n) is 4.62. The van der Waals surface area contributed by atoms with Gasteiger partial charge in [-0.15, -0.1) is 5.10 Å². The van der Waals surface area contributed by atoms with Gasteiger partial charge in [0.1, 0.15) is 0 Å². The molecule has 0 atom stereocenters. The first-order chi connectivity index (χ1) is 7.25. The third-order valence-corrected chi connectivity index (χ3v) is 3.06. The Bertz CT molecular complexity index is 484. The van der Waals surface area contributed by atoms with E-state index in [1.54, 1.807) is 0 Å². The molecule has 0 aromatic carbocycles. The molecule has 1 aliphatic rings. The molecule has 0 bridgehead atoms. The number of hydrogen-bond acceptors (Lipinski definition) is 3. The number of rotatable bonds is 3. The van der Waals surface area contributed by atoms with E-state index in [2.05, 4.69) is 22.3 Å². The molecule has 0 aliphatic heterocycles. The summed E-state index contributed by atoms with van der Waals surface area (Å²) in [6.07, 6.45) is 6.39. The summed E-state index contributed by atoms with van der Waals surface area (Å²) in [5, 5.41) is 7.65. The molecule has 1 aliphatic carbocycles. The molecular weight excluding hydrogens is 188 g/mol. The fourth-order valence-electron chi connectivity index (χ4n) is 1.60. The van der Waals surface area contributed by atoms with Crippen LogP contribution in [0.25, 0.3) is 5.52 Å². The van der Waals surface area contributed by atoms with Gasteiger partial charge in [-0.2, -0.15) is 0 Å². The molecule has 15 heavy (non-hydrogen) atoms. The normalized spacial score (nSPS) is 17.9. The second-order valence-corrected chi connectivity index (χ2v) is 4.62. The minimum absolute atomic E-state index is 0.481. The number of nitrogens with zero attached hydrogens (tertiary/aromatic N) is 3. The lowest BCUT2D eigenvalue weighted by Gasteiger charge is -2.09. The van der Waals surface area contributed by atoms with Crippen LogP contribution < -0.4 is 5.32 Å². The van der Waals surface area contributed by atoms with Crippen LogP contribution in [0.3, 0.4) is 0 Å². The quantitative estimate of drug-likeness (QED) is 0.827. The van der Waals surface area contributed by atoms with Gasteiger partial charge in [0.15, 0.2) is 0 Å². The van der Waals surface area contributed by atoms with Gasteiger partial charge in [-0.25, -0.2) is 9.50 Å². The first-order valence-electron chi connectivity index (χ1n) is 5.30. The molecule has 0 unspecified atom stereocenters. The van der Waals surface area contributed by atoms with Crippen LogP contribution in [0.4, 0.5) is 5.95 Å². The predicted molar refractivity (Wildman–Crippen MR) is 58.8 cm³/mol. The fraction of sp³-hybridized carbons (Fsp3) is 0.455. The highest BCUT2D eigenvalue weighted by Gasteiger charge is 2.36. The zero-order valence-corrected chi connectivity index (χ0v) is 8.77. The van der Waals surface area contributed by atoms with Gasteiger partial charge in [-0.1, -0.05) is 6.92 Å². The zero-order valence-electron chi connectivity index (χ0n) is 8.77. The van der Waals surface area contributed by atoms with Crippen LogP contribution in [-0.2, 0) is 0 Å². The van der Waals surface area contributed by atoms with Crippen molar-refractivity contribution in [2.45, 2.75) is 19.8 Å². The molecule has 4 nitrogen and oxygen atoms in total. The van der Waals surface area contributed by atoms with Crippen molar-refractivity contribution in [3.05, 3.63) is 24.5 Å². The molecule has 3 rings (SSSR count). The van der Waals surface area contributed by atoms with E-state index in [0.29, 0.717) is 11.4 Å². The number of nitrogens with one attached hydrogen (secondary N) is 1. The van der Waals surface area contributed by atoms with Crippen molar-refractivity contribution in [2.24, 2.45) is 5.41 Å². The molecule has 0 radical (unpaired) electrons. The second kappa shape index (κ2) is 2.95. The third-order valence-electron chi connectivity index (χ3n) is 3.06. The SMILES string of the molecule is CC1(CNc2ncc3cccn3n2)CC1. The summed E-state index contributed by atoms with van der Waals surface area (Å²) in [5.41, 5.74) is 1.51. The van der Waals surface area contributed by atoms with Gasteiger partial charge in [0, 0.05) is 12.7 Å². The average molecular weight is 202 g/mol. The summed E-state index contributed by atoms with van der Waals surface area (Å²) in [7, 11) is 0. The minimum Gasteiger partial charge on any atom is -0.352 e. The molecule has 2 aromatic heterocycles. The van der Waals surface area contributed by atoms with E-state index in [4.69, 9.17) is 0 Å². The lowest BCUT2D eigenvalue weighted by molar-refractivity contribution is 0.606. The molecular formula is C11H14N4. The highest BCUT2D eigenvalue weighted by atomic mass is 15.3. The van der Waals surface area contributed by atoms with E-state index in [9.17, 15) is 0 Å². The van der Waals surface area contributed by atoms with Gasteiger partial charge in [0.05, 0.1) is 11.7 Å². The van der Waals surface area contributed by atoms with Crippen LogP contribution in [-0.4, -0.2) is 21.1 Å². The standard InChI is InChI=1S/C11H14N4/c1-11(4-5-11)8-13-10-12-7-9-3-2-6-15(9)14-10/h2-3,6-7H,4-5,8H2,1H3,(H,13,14). The van der Waals surface area contributed by atoms with Crippen molar-refractivity contribution >= 4 is 11.5 Å². The van der Waals surface area contributed by atoms with E-state index in [1.807, 2.05) is 29.0 Å². The van der Waals surface area contributed by atoms with Crippen molar-refractivity contribution in [3.8, 4) is 0 Å². The molecule has 0 saturated heterocycles. The molecule has 0 amide bonds. The minimum atomic E-state index is 0.481. The Kier molecular flexibility index (Phi) is 1.71. The Labute approximate surface area is 88.3 Å². The van der Waals surface area contributed by atoms with Crippen LogP contribution in [0.15, 0.2) is 24.5 Å². The lowest BCUT2D eigenvalue weighted by atomic mass is 10.1. The van der Waals surface area contributed by atoms with E-state index in [0.717, 1.165) is 12.1 Å². The molecule has 1 N–H and O–H groups in total. The Morgan fingerprint density at radius 3 is 3.20 bits per heavy atom. The topological polar surface area (TPSA) is 42.2 Å². The van der Waals surface area contributed by atoms with Crippen LogP contribution in [0.5, 0.6) is 0 Å². The number of hydrogen-bond donors (Lipinski definition) is 1. The van der Waals surface area contributed by atoms with Crippen LogP contribution in [0.2, 0.25) is 0 Å². The maximum Gasteiger partial charge on any atom is 0.241 e. The smallest absolute Gasteiger partial charge is 0.241 e. The van der Waals surface area contributed by atoms with Gasteiger partial charge < -0.3 is 5.32 Å². The van der Waals surface area contributed by atoms with E-state index in [1.165, 1.54) is 12.8 Å². The number of anilines is 1. The maximum absolute atomic E-state index is 4.36. The van der Waals surface area contributed by atoms with Crippen molar-refractivity contribution in [1.29, 1.82) is 0 Å². The Hall–Kier alpha value is -1.58. The highest BCUT2D eigenvalue weighted by molar-refractivity contribution is 5.45. The molecule has 2 aromatic rings. The predicted octanol–water partition coefficient (Wildman–Crippen LogP) is 1.94. The third kappa shape index (κ3) is 1.67. The van der Waals surface area contributed by atoms with Crippen molar-refractivity contribution in [1.82, 2.24) is 14.6 Å². The fourth-order valence-corrected chi connectivity index (χ4v) is 1.60. The Morgan fingerprint density at radius 1 is 1.53 bits per heavy atom. The first kappa shape index (κ1) is 8.71. The average Bonchev–Trinajstić information content (AvgIpc) is 2.80. The zero-order chi connectivity index (χ0) is 10.3. The number of fused-ring (bicyclic) bond motifs is 1. The summed E-state index contributed by atoms with van der Waals surface area (Å²) in [5.74, 6) is 0.715. The van der Waals surface area contributed by atoms with E-state index < -0.39 is 0 Å². The monoisotopic (exact) mass is 202 g/mol. The summed E-state index contributed by atoms with van der Waals surface area (Å²) in [4.78, 5) is 4.27. The largest absolute Gasteiger partial charge is 0.352 e. The van der Waals surface area contributed by atoms with Crippen LogP contribution in [0, 0.1) is 5.41 Å². The van der Waals surface area contributed by atoms with Gasteiger partial charge in [0.2, 0.25) is 5.95 Å². The van der Waals surface area contributed by atoms with Crippen molar-refractivity contribution < 1.29 is 0 Å². The molecule has 78 valence electrons. The number of aromatic nitrogens is 3. The summed E-state index contributed by atoms with van der Waals surface area (Å²) >= 11 is 0. The van der Waals surface area contributed by atoms with E-state index in [-0.39, 0.29) is 0 Å². The van der Waals surface area contributed by atoms with Crippen molar-refractivity contribution in [2.75, 3.05) is 11.9 Å². The molecule has 0 spiro atoms. The first-order valence-corrected chi connectivity index (χ1v) is 5.30. The lowest BCUT2D eigenvalue weighted by Crippen LogP contribution is -2.14. The molecule has 4 heteroatoms. The highest BCUT2D eigenvalue weighted by Crippen LogP contribution is 2.44. The summed E-state index contributed by atoms with van der Waals surface area (Å²) < 4.78 is 1.84. The van der Waals surface area contributed by atoms with E-state index >= 15 is 0 Å². The van der Waals surface area contributed by atoms with Crippen LogP contribution >= 0.6 is 0 Å². The maximum atomic E-state index is 4.36. The van der Waals surface area contributed by atoms with Crippen LogP contribution in [0.1, 0.15) is 19.8 Å².